The van der Waals surface area contributed by atoms with E-state index in [0.29, 0.717) is 23.5 Å². The van der Waals surface area contributed by atoms with Gasteiger partial charge in [-0.15, -0.1) is 0 Å². The van der Waals surface area contributed by atoms with Crippen molar-refractivity contribution >= 4 is 5.78 Å². The lowest BCUT2D eigenvalue weighted by atomic mass is 9.49. The first kappa shape index (κ1) is 16.5. The number of hydrogen-bond donors (Lipinski definition) is 2. The van der Waals surface area contributed by atoms with Gasteiger partial charge in [-0.25, -0.2) is 0 Å². The van der Waals surface area contributed by atoms with Crippen molar-refractivity contribution in [2.24, 2.45) is 40.9 Å². The van der Waals surface area contributed by atoms with Gasteiger partial charge in [0.05, 0.1) is 5.60 Å². The standard InChI is InChI=1S/C22H32O3/c1-21-9-7-16-15-6-4-14(24)11-13(15)3-5-17(16)20(21)18-12-19(18)22(21,25)8-2-10-23/h11,15-20,23,25H,2-10,12H2,1H3/t15?,16?,17?,18-,19?,20?,21?,22?/m0/s1. The number of hydrogen-bond acceptors (Lipinski definition) is 3. The molecule has 3 nitrogen and oxygen atoms in total. The Labute approximate surface area is 150 Å². The molecule has 0 heterocycles. The van der Waals surface area contributed by atoms with Gasteiger partial charge in [-0.3, -0.25) is 4.79 Å². The fourth-order valence-corrected chi connectivity index (χ4v) is 8.13. The summed E-state index contributed by atoms with van der Waals surface area (Å²) in [6.07, 6.45) is 11.2. The molecule has 0 aromatic rings. The minimum Gasteiger partial charge on any atom is -0.396 e. The van der Waals surface area contributed by atoms with Crippen LogP contribution in [0.1, 0.15) is 64.7 Å². The maximum Gasteiger partial charge on any atom is 0.155 e. The number of allylic oxidation sites excluding steroid dienone is 1. The third-order valence-electron chi connectivity index (χ3n) is 9.17. The van der Waals surface area contributed by atoms with Crippen LogP contribution in [0.5, 0.6) is 0 Å². The van der Waals surface area contributed by atoms with Gasteiger partial charge < -0.3 is 10.2 Å². The van der Waals surface area contributed by atoms with Gasteiger partial charge in [0.1, 0.15) is 0 Å². The van der Waals surface area contributed by atoms with Crippen molar-refractivity contribution in [3.63, 3.8) is 0 Å². The lowest BCUT2D eigenvalue weighted by Crippen LogP contribution is -2.55. The molecule has 2 N–H and O–H groups in total. The summed E-state index contributed by atoms with van der Waals surface area (Å²) in [5.41, 5.74) is 0.944. The molecule has 0 bridgehead atoms. The lowest BCUT2D eigenvalue weighted by Gasteiger charge is -2.57. The Bertz CT molecular complexity index is 625. The predicted octanol–water partition coefficient (Wildman–Crippen LogP) is 3.49. The molecule has 5 rings (SSSR count). The first-order chi connectivity index (χ1) is 12.0. The molecule has 0 aliphatic heterocycles. The number of carbonyl (C=O) groups is 1. The van der Waals surface area contributed by atoms with Gasteiger partial charge >= 0.3 is 0 Å². The first-order valence-corrected chi connectivity index (χ1v) is 10.6. The van der Waals surface area contributed by atoms with E-state index >= 15 is 0 Å². The van der Waals surface area contributed by atoms with Crippen LogP contribution >= 0.6 is 0 Å². The highest BCUT2D eigenvalue weighted by Crippen LogP contribution is 2.76. The highest BCUT2D eigenvalue weighted by molar-refractivity contribution is 5.91. The van der Waals surface area contributed by atoms with Crippen LogP contribution in [0.2, 0.25) is 0 Å². The third kappa shape index (κ3) is 2.09. The summed E-state index contributed by atoms with van der Waals surface area (Å²) in [5.74, 6) is 4.34. The lowest BCUT2D eigenvalue weighted by molar-refractivity contribution is -0.144. The molecular weight excluding hydrogens is 312 g/mol. The highest BCUT2D eigenvalue weighted by Gasteiger charge is 2.75. The highest BCUT2D eigenvalue weighted by atomic mass is 16.3. The van der Waals surface area contributed by atoms with E-state index in [2.05, 4.69) is 6.92 Å². The number of aliphatic hydroxyl groups excluding tert-OH is 1. The van der Waals surface area contributed by atoms with Gasteiger partial charge in [0, 0.05) is 13.0 Å². The monoisotopic (exact) mass is 344 g/mol. The molecule has 3 heteroatoms. The zero-order valence-corrected chi connectivity index (χ0v) is 15.4. The molecule has 5 aliphatic carbocycles. The maximum absolute atomic E-state index is 11.8. The quantitative estimate of drug-likeness (QED) is 0.824. The topological polar surface area (TPSA) is 57.5 Å². The molecule has 0 aromatic carbocycles. The van der Waals surface area contributed by atoms with E-state index in [-0.39, 0.29) is 12.0 Å². The zero-order chi connectivity index (χ0) is 17.4. The van der Waals surface area contributed by atoms with Crippen LogP contribution in [0.25, 0.3) is 0 Å². The smallest absolute Gasteiger partial charge is 0.155 e. The molecule has 8 atom stereocenters. The predicted molar refractivity (Wildman–Crippen MR) is 95.7 cm³/mol. The number of carbonyl (C=O) groups excluding carboxylic acids is 1. The number of ketones is 1. The number of rotatable bonds is 3. The van der Waals surface area contributed by atoms with E-state index in [9.17, 15) is 15.0 Å². The van der Waals surface area contributed by atoms with Crippen LogP contribution in [0.3, 0.4) is 0 Å². The Hall–Kier alpha value is -0.670. The summed E-state index contributed by atoms with van der Waals surface area (Å²) in [7, 11) is 0. The van der Waals surface area contributed by atoms with E-state index in [1.54, 1.807) is 0 Å². The van der Waals surface area contributed by atoms with Gasteiger partial charge in [-0.2, -0.15) is 0 Å². The number of aliphatic hydroxyl groups is 2. The van der Waals surface area contributed by atoms with Crippen LogP contribution in [-0.2, 0) is 4.79 Å². The Morgan fingerprint density at radius 2 is 2.00 bits per heavy atom. The molecular formula is C22H32O3. The summed E-state index contributed by atoms with van der Waals surface area (Å²) < 4.78 is 0. The molecule has 7 unspecified atom stereocenters. The fourth-order valence-electron chi connectivity index (χ4n) is 8.13. The van der Waals surface area contributed by atoms with Crippen molar-refractivity contribution in [1.82, 2.24) is 0 Å². The molecule has 25 heavy (non-hydrogen) atoms. The van der Waals surface area contributed by atoms with E-state index in [1.165, 1.54) is 24.8 Å². The zero-order valence-electron chi connectivity index (χ0n) is 15.4. The number of fused-ring (bicyclic) bond motifs is 7. The van der Waals surface area contributed by atoms with Crippen LogP contribution in [0.15, 0.2) is 11.6 Å². The van der Waals surface area contributed by atoms with Crippen molar-refractivity contribution in [1.29, 1.82) is 0 Å². The average Bonchev–Trinajstić information content (AvgIpc) is 3.36. The molecule has 138 valence electrons. The van der Waals surface area contributed by atoms with Crippen molar-refractivity contribution in [3.05, 3.63) is 11.6 Å². The van der Waals surface area contributed by atoms with Crippen molar-refractivity contribution in [2.75, 3.05) is 6.61 Å². The molecule has 0 spiro atoms. The van der Waals surface area contributed by atoms with Crippen molar-refractivity contribution < 1.29 is 15.0 Å². The molecule has 4 fully saturated rings. The molecule has 0 aromatic heterocycles. The summed E-state index contributed by atoms with van der Waals surface area (Å²) in [6.45, 7) is 2.56. The summed E-state index contributed by atoms with van der Waals surface area (Å²) in [6, 6.07) is 0. The Balaban J connectivity index is 1.45. The third-order valence-corrected chi connectivity index (χ3v) is 9.17. The van der Waals surface area contributed by atoms with Gasteiger partial charge in [-0.05, 0) is 98.4 Å². The van der Waals surface area contributed by atoms with Crippen molar-refractivity contribution in [3.8, 4) is 0 Å². The van der Waals surface area contributed by atoms with Crippen molar-refractivity contribution in [2.45, 2.75) is 70.3 Å². The normalized spacial score (nSPS) is 53.4. The Morgan fingerprint density at radius 1 is 1.16 bits per heavy atom. The largest absolute Gasteiger partial charge is 0.396 e. The second kappa shape index (κ2) is 5.42. The van der Waals surface area contributed by atoms with E-state index in [4.69, 9.17) is 0 Å². The molecule has 0 amide bonds. The first-order valence-electron chi connectivity index (χ1n) is 10.6. The molecule has 0 saturated heterocycles. The van der Waals surface area contributed by atoms with E-state index in [1.807, 2.05) is 6.08 Å². The van der Waals surface area contributed by atoms with Crippen LogP contribution < -0.4 is 0 Å². The van der Waals surface area contributed by atoms with E-state index in [0.717, 1.165) is 56.3 Å². The average molecular weight is 344 g/mol. The molecule has 4 saturated carbocycles. The summed E-state index contributed by atoms with van der Waals surface area (Å²) >= 11 is 0. The van der Waals surface area contributed by atoms with Gasteiger partial charge in [-0.1, -0.05) is 12.5 Å². The van der Waals surface area contributed by atoms with E-state index < -0.39 is 5.60 Å². The van der Waals surface area contributed by atoms with Gasteiger partial charge in [0.2, 0.25) is 0 Å². The minimum absolute atomic E-state index is 0.0443. The second-order valence-corrected chi connectivity index (χ2v) is 9.94. The van der Waals surface area contributed by atoms with Gasteiger partial charge in [0.25, 0.3) is 0 Å². The van der Waals surface area contributed by atoms with Crippen LogP contribution in [0, 0.1) is 40.9 Å². The summed E-state index contributed by atoms with van der Waals surface area (Å²) in [5, 5.41) is 21.0. The maximum atomic E-state index is 11.8. The molecule has 0 radical (unpaired) electrons. The second-order valence-electron chi connectivity index (χ2n) is 9.94. The van der Waals surface area contributed by atoms with Gasteiger partial charge in [0.15, 0.2) is 5.78 Å². The fraction of sp³-hybridized carbons (Fsp3) is 0.864. The van der Waals surface area contributed by atoms with Crippen LogP contribution in [-0.4, -0.2) is 28.2 Å². The SMILES string of the molecule is CC12CCC3C4CCC(=O)C=C4CCC3C1[C@H]1CC1C2(O)CCCO. The van der Waals surface area contributed by atoms with Crippen LogP contribution in [0.4, 0.5) is 0 Å². The minimum atomic E-state index is -0.547. The molecule has 5 aliphatic rings. The Morgan fingerprint density at radius 3 is 2.80 bits per heavy atom. The Kier molecular flexibility index (Phi) is 3.58. The summed E-state index contributed by atoms with van der Waals surface area (Å²) in [4.78, 5) is 11.8.